The molecule has 2 N–H and O–H groups in total. The number of hydrogen-bond donors (Lipinski definition) is 2. The summed E-state index contributed by atoms with van der Waals surface area (Å²) in [5, 5.41) is 17.1. The van der Waals surface area contributed by atoms with Crippen molar-refractivity contribution in [1.29, 1.82) is 0 Å². The van der Waals surface area contributed by atoms with Gasteiger partial charge in [0.25, 0.3) is 0 Å². The molecule has 3 aromatic carbocycles. The Kier molecular flexibility index (Phi) is 6.19. The average molecular weight is 543 g/mol. The zero-order valence-electron chi connectivity index (χ0n) is 21.6. The fourth-order valence-corrected chi connectivity index (χ4v) is 5.75. The second-order valence-electron chi connectivity index (χ2n) is 10.3. The fourth-order valence-electron chi connectivity index (χ4n) is 5.46. The summed E-state index contributed by atoms with van der Waals surface area (Å²) >= 11 is 6.25. The molecule has 1 atom stereocenters. The van der Waals surface area contributed by atoms with Crippen molar-refractivity contribution in [2.75, 3.05) is 5.32 Å². The Morgan fingerprint density at radius 2 is 1.74 bits per heavy atom. The van der Waals surface area contributed by atoms with E-state index in [4.69, 9.17) is 20.9 Å². The molecule has 0 aliphatic heterocycles. The van der Waals surface area contributed by atoms with Crippen LogP contribution in [0.25, 0.3) is 22.5 Å². The number of amides is 1. The van der Waals surface area contributed by atoms with Crippen LogP contribution in [0.4, 0.5) is 10.5 Å². The summed E-state index contributed by atoms with van der Waals surface area (Å²) in [6.07, 6.45) is 1.85. The van der Waals surface area contributed by atoms with Crippen LogP contribution in [-0.2, 0) is 27.8 Å². The number of rotatable bonds is 6. The van der Waals surface area contributed by atoms with E-state index in [9.17, 15) is 14.7 Å². The van der Waals surface area contributed by atoms with Crippen molar-refractivity contribution < 1.29 is 24.0 Å². The SMILES string of the molecule is Cc1noc(-c2ccc3c(c2)CCc2cc(C4(C(=O)O)CC4)ccc2-3)c1NC(=O)O[C@H](C)c1ccccc1Cl. The lowest BCUT2D eigenvalue weighted by atomic mass is 9.82. The van der Waals surface area contributed by atoms with Crippen molar-refractivity contribution in [3.05, 3.63) is 93.6 Å². The first-order valence-corrected chi connectivity index (χ1v) is 13.3. The second kappa shape index (κ2) is 9.58. The van der Waals surface area contributed by atoms with Crippen molar-refractivity contribution in [2.45, 2.75) is 51.0 Å². The standard InChI is InChI=1S/C31H27ClN2O5/c1-17-27(33-30(37)38-18(2)23-5-3-4-6-26(23)32)28(39-34-17)21-9-11-24-19(15-21)7-8-20-16-22(10-12-25(20)24)31(13-14-31)29(35)36/h3-6,9-12,15-16,18H,7-8,13-14H2,1-2H3,(H,33,37)(H,35,36)/t18-/m1/s1. The first-order chi connectivity index (χ1) is 18.8. The smallest absolute Gasteiger partial charge is 0.412 e. The van der Waals surface area contributed by atoms with Gasteiger partial charge in [-0.25, -0.2) is 4.79 Å². The van der Waals surface area contributed by atoms with Gasteiger partial charge in [-0.1, -0.05) is 65.3 Å². The molecule has 1 heterocycles. The molecule has 1 saturated carbocycles. The third-order valence-corrected chi connectivity index (χ3v) is 8.20. The number of hydrogen-bond acceptors (Lipinski definition) is 5. The van der Waals surface area contributed by atoms with E-state index in [0.717, 1.165) is 40.7 Å². The number of aryl methyl sites for hydroxylation is 3. The number of carbonyl (C=O) groups excluding carboxylic acids is 1. The fraction of sp³-hybridized carbons (Fsp3) is 0.258. The third kappa shape index (κ3) is 4.46. The van der Waals surface area contributed by atoms with Crippen LogP contribution < -0.4 is 5.32 Å². The maximum Gasteiger partial charge on any atom is 0.412 e. The number of anilines is 1. The molecule has 39 heavy (non-hydrogen) atoms. The summed E-state index contributed by atoms with van der Waals surface area (Å²) < 4.78 is 11.2. The minimum atomic E-state index is -0.739. The lowest BCUT2D eigenvalue weighted by Gasteiger charge is -2.22. The molecule has 4 aromatic rings. The van der Waals surface area contributed by atoms with Crippen molar-refractivity contribution >= 4 is 29.4 Å². The predicted molar refractivity (Wildman–Crippen MR) is 148 cm³/mol. The average Bonchev–Trinajstić information content (AvgIpc) is 3.67. The highest BCUT2D eigenvalue weighted by molar-refractivity contribution is 6.31. The van der Waals surface area contributed by atoms with Crippen molar-refractivity contribution in [3.63, 3.8) is 0 Å². The lowest BCUT2D eigenvalue weighted by molar-refractivity contribution is -0.140. The van der Waals surface area contributed by atoms with E-state index in [0.29, 0.717) is 40.6 Å². The molecule has 1 fully saturated rings. The Morgan fingerprint density at radius 1 is 1.05 bits per heavy atom. The normalized spacial score (nSPS) is 15.6. The Labute approximate surface area is 230 Å². The van der Waals surface area contributed by atoms with Crippen LogP contribution in [0, 0.1) is 6.92 Å². The van der Waals surface area contributed by atoms with Gasteiger partial charge in [0.1, 0.15) is 17.5 Å². The Balaban J connectivity index is 1.24. The van der Waals surface area contributed by atoms with E-state index in [1.807, 2.05) is 42.5 Å². The predicted octanol–water partition coefficient (Wildman–Crippen LogP) is 7.49. The number of nitrogens with one attached hydrogen (secondary N) is 1. The van der Waals surface area contributed by atoms with Gasteiger partial charge in [0.15, 0.2) is 5.76 Å². The number of carbonyl (C=O) groups is 2. The quantitative estimate of drug-likeness (QED) is 0.261. The van der Waals surface area contributed by atoms with Gasteiger partial charge in [0, 0.05) is 16.1 Å². The molecule has 0 spiro atoms. The summed E-state index contributed by atoms with van der Waals surface area (Å²) in [5.74, 6) is -0.284. The molecule has 0 saturated heterocycles. The van der Waals surface area contributed by atoms with Gasteiger partial charge in [0.05, 0.1) is 5.41 Å². The largest absolute Gasteiger partial charge is 0.481 e. The zero-order chi connectivity index (χ0) is 27.3. The van der Waals surface area contributed by atoms with E-state index in [2.05, 4.69) is 22.6 Å². The number of fused-ring (bicyclic) bond motifs is 3. The number of carboxylic acids is 1. The number of carboxylic acid groups (broad SMARTS) is 1. The molecular weight excluding hydrogens is 516 g/mol. The highest BCUT2D eigenvalue weighted by Gasteiger charge is 2.51. The topological polar surface area (TPSA) is 102 Å². The van der Waals surface area contributed by atoms with Crippen LogP contribution in [0.5, 0.6) is 0 Å². The molecule has 2 aliphatic rings. The minimum Gasteiger partial charge on any atom is -0.481 e. The third-order valence-electron chi connectivity index (χ3n) is 7.86. The van der Waals surface area contributed by atoms with Crippen LogP contribution in [0.1, 0.15) is 53.8 Å². The van der Waals surface area contributed by atoms with Gasteiger partial charge in [-0.15, -0.1) is 0 Å². The number of ether oxygens (including phenoxy) is 1. The molecular formula is C31H27ClN2O5. The molecule has 1 amide bonds. The summed E-state index contributed by atoms with van der Waals surface area (Å²) in [6.45, 7) is 3.52. The van der Waals surface area contributed by atoms with Crippen LogP contribution in [0.3, 0.4) is 0 Å². The summed E-state index contributed by atoms with van der Waals surface area (Å²) in [4.78, 5) is 24.6. The molecule has 0 unspecified atom stereocenters. The lowest BCUT2D eigenvalue weighted by Crippen LogP contribution is -2.20. The molecule has 8 heteroatoms. The van der Waals surface area contributed by atoms with E-state index >= 15 is 0 Å². The van der Waals surface area contributed by atoms with Crippen molar-refractivity contribution in [1.82, 2.24) is 5.16 Å². The summed E-state index contributed by atoms with van der Waals surface area (Å²) in [5.41, 5.74) is 7.26. The van der Waals surface area contributed by atoms with Crippen LogP contribution in [-0.4, -0.2) is 22.3 Å². The monoisotopic (exact) mass is 542 g/mol. The molecule has 2 aliphatic carbocycles. The van der Waals surface area contributed by atoms with E-state index in [1.54, 1.807) is 19.9 Å². The minimum absolute atomic E-state index is 0.454. The van der Waals surface area contributed by atoms with Crippen LogP contribution in [0.15, 0.2) is 65.2 Å². The second-order valence-corrected chi connectivity index (χ2v) is 10.7. The maximum atomic E-state index is 12.8. The van der Waals surface area contributed by atoms with Crippen LogP contribution >= 0.6 is 11.6 Å². The number of aliphatic carboxylic acids is 1. The van der Waals surface area contributed by atoms with Gasteiger partial charge in [0.2, 0.25) is 0 Å². The van der Waals surface area contributed by atoms with Gasteiger partial charge >= 0.3 is 12.1 Å². The molecule has 198 valence electrons. The highest BCUT2D eigenvalue weighted by atomic mass is 35.5. The van der Waals surface area contributed by atoms with E-state index in [-0.39, 0.29) is 0 Å². The summed E-state index contributed by atoms with van der Waals surface area (Å²) in [7, 11) is 0. The molecule has 6 rings (SSSR count). The van der Waals surface area contributed by atoms with Crippen molar-refractivity contribution in [2.24, 2.45) is 0 Å². The van der Waals surface area contributed by atoms with E-state index < -0.39 is 23.6 Å². The summed E-state index contributed by atoms with van der Waals surface area (Å²) in [6, 6.07) is 19.4. The van der Waals surface area contributed by atoms with Gasteiger partial charge in [-0.3, -0.25) is 10.1 Å². The van der Waals surface area contributed by atoms with Gasteiger partial charge < -0.3 is 14.4 Å². The Morgan fingerprint density at radius 3 is 2.44 bits per heavy atom. The number of benzene rings is 3. The molecule has 0 radical (unpaired) electrons. The zero-order valence-corrected chi connectivity index (χ0v) is 22.3. The van der Waals surface area contributed by atoms with Gasteiger partial charge in [-0.2, -0.15) is 0 Å². The molecule has 0 bridgehead atoms. The Bertz CT molecular complexity index is 1620. The van der Waals surface area contributed by atoms with E-state index in [1.165, 1.54) is 5.56 Å². The molecule has 1 aromatic heterocycles. The number of halogens is 1. The number of nitrogens with zero attached hydrogens (tertiary/aromatic N) is 1. The first kappa shape index (κ1) is 25.2. The highest BCUT2D eigenvalue weighted by Crippen LogP contribution is 2.50. The Hall–Kier alpha value is -4.10. The number of aromatic nitrogens is 1. The molecule has 7 nitrogen and oxygen atoms in total. The van der Waals surface area contributed by atoms with Crippen LogP contribution in [0.2, 0.25) is 5.02 Å². The first-order valence-electron chi connectivity index (χ1n) is 13.0. The van der Waals surface area contributed by atoms with Gasteiger partial charge in [-0.05, 0) is 79.5 Å². The maximum absolute atomic E-state index is 12.8. The van der Waals surface area contributed by atoms with Crippen molar-refractivity contribution in [3.8, 4) is 22.5 Å².